The minimum Gasteiger partial charge on any atom is -0.312 e. The van der Waals surface area contributed by atoms with E-state index in [9.17, 15) is 18.0 Å². The summed E-state index contributed by atoms with van der Waals surface area (Å²) in [5.74, 6) is 0. The van der Waals surface area contributed by atoms with Crippen LogP contribution >= 0.6 is 0 Å². The third-order valence-electron chi connectivity index (χ3n) is 3.23. The van der Waals surface area contributed by atoms with Crippen molar-refractivity contribution in [3.63, 3.8) is 0 Å². The van der Waals surface area contributed by atoms with Crippen molar-refractivity contribution in [3.8, 4) is 5.69 Å². The number of hydrogen-bond donors (Lipinski definition) is 3. The third-order valence-corrected chi connectivity index (χ3v) is 4.70. The van der Waals surface area contributed by atoms with Crippen LogP contribution in [0.5, 0.6) is 0 Å². The first-order valence-electron chi connectivity index (χ1n) is 6.83. The lowest BCUT2D eigenvalue weighted by molar-refractivity contribution is 0.600. The van der Waals surface area contributed by atoms with E-state index in [0.717, 1.165) is 6.20 Å². The number of H-pyrrole nitrogens is 2. The van der Waals surface area contributed by atoms with E-state index in [2.05, 4.69) is 14.8 Å². The molecule has 2 aromatic heterocycles. The predicted octanol–water partition coefficient (Wildman–Crippen LogP) is 0.358. The zero-order chi connectivity index (χ0) is 17.3. The maximum Gasteiger partial charge on any atom is 0.325 e. The number of rotatable bonds is 4. The molecule has 0 amide bonds. The highest BCUT2D eigenvalue weighted by molar-refractivity contribution is 7.92. The van der Waals surface area contributed by atoms with Gasteiger partial charge < -0.3 is 4.98 Å². The van der Waals surface area contributed by atoms with Gasteiger partial charge in [-0.15, -0.1) is 0 Å². The first-order valence-corrected chi connectivity index (χ1v) is 8.32. The normalized spacial score (nSPS) is 11.4. The second kappa shape index (κ2) is 5.81. The molecule has 3 N–H and O–H groups in total. The summed E-state index contributed by atoms with van der Waals surface area (Å²) in [4.78, 5) is 26.7. The number of nitrogens with one attached hydrogen (secondary N) is 3. The summed E-state index contributed by atoms with van der Waals surface area (Å²) in [7, 11) is -4.04. The molecule has 0 atom stereocenters. The molecule has 0 aliphatic heterocycles. The number of sulfonamides is 1. The third kappa shape index (κ3) is 2.99. The van der Waals surface area contributed by atoms with Crippen LogP contribution in [0.3, 0.4) is 0 Å². The molecule has 0 radical (unpaired) electrons. The molecule has 2 heterocycles. The molecule has 0 fully saturated rings. The van der Waals surface area contributed by atoms with Crippen molar-refractivity contribution in [2.24, 2.45) is 0 Å². The molecular formula is C14H13N5O4S. The number of hydrogen-bond acceptors (Lipinski definition) is 5. The molecule has 0 aliphatic rings. The van der Waals surface area contributed by atoms with Gasteiger partial charge >= 0.3 is 5.69 Å². The van der Waals surface area contributed by atoms with Crippen molar-refractivity contribution in [2.75, 3.05) is 4.72 Å². The average molecular weight is 347 g/mol. The molecule has 3 aromatic rings. The molecule has 10 heteroatoms. The Hall–Kier alpha value is -3.14. The van der Waals surface area contributed by atoms with Gasteiger partial charge in [-0.1, -0.05) is 18.2 Å². The summed E-state index contributed by atoms with van der Waals surface area (Å²) in [5, 5.41) is 4.18. The van der Waals surface area contributed by atoms with Crippen molar-refractivity contribution in [2.45, 2.75) is 11.8 Å². The Morgan fingerprint density at radius 2 is 1.88 bits per heavy atom. The number of para-hydroxylation sites is 1. The van der Waals surface area contributed by atoms with Gasteiger partial charge in [0.2, 0.25) is 0 Å². The Balaban J connectivity index is 2.00. The molecule has 3 rings (SSSR count). The van der Waals surface area contributed by atoms with Gasteiger partial charge in [-0.3, -0.25) is 14.5 Å². The fraction of sp³-hybridized carbons (Fsp3) is 0.0714. The van der Waals surface area contributed by atoms with E-state index in [-0.39, 0.29) is 16.3 Å². The van der Waals surface area contributed by atoms with Crippen LogP contribution in [0.15, 0.2) is 57.2 Å². The lowest BCUT2D eigenvalue weighted by Gasteiger charge is -2.05. The van der Waals surface area contributed by atoms with E-state index < -0.39 is 21.3 Å². The smallest absolute Gasteiger partial charge is 0.312 e. The zero-order valence-electron chi connectivity index (χ0n) is 12.5. The topological polar surface area (TPSA) is 130 Å². The molecule has 9 nitrogen and oxygen atoms in total. The highest BCUT2D eigenvalue weighted by Crippen LogP contribution is 2.18. The molecule has 0 bridgehead atoms. The van der Waals surface area contributed by atoms with Gasteiger partial charge in [0, 0.05) is 6.20 Å². The van der Waals surface area contributed by atoms with Crippen LogP contribution in [0.4, 0.5) is 5.69 Å². The summed E-state index contributed by atoms with van der Waals surface area (Å²) >= 11 is 0. The molecule has 24 heavy (non-hydrogen) atoms. The monoisotopic (exact) mass is 347 g/mol. The summed E-state index contributed by atoms with van der Waals surface area (Å²) < 4.78 is 28.6. The summed E-state index contributed by atoms with van der Waals surface area (Å²) in [6, 6.07) is 9.00. The van der Waals surface area contributed by atoms with Gasteiger partial charge in [-0.25, -0.2) is 17.9 Å². The van der Waals surface area contributed by atoms with Crippen molar-refractivity contribution < 1.29 is 8.42 Å². The van der Waals surface area contributed by atoms with E-state index in [1.165, 1.54) is 10.9 Å². The van der Waals surface area contributed by atoms with Crippen LogP contribution in [0, 0.1) is 6.92 Å². The van der Waals surface area contributed by atoms with Crippen molar-refractivity contribution in [1.82, 2.24) is 19.7 Å². The van der Waals surface area contributed by atoms with Gasteiger partial charge in [0.05, 0.1) is 17.6 Å². The van der Waals surface area contributed by atoms with Crippen molar-refractivity contribution in [1.29, 1.82) is 0 Å². The maximum atomic E-state index is 12.5. The first-order chi connectivity index (χ1) is 11.4. The van der Waals surface area contributed by atoms with E-state index in [1.54, 1.807) is 31.2 Å². The molecule has 0 unspecified atom stereocenters. The molecule has 0 saturated carbocycles. The number of aryl methyl sites for hydroxylation is 1. The first kappa shape index (κ1) is 15.7. The predicted molar refractivity (Wildman–Crippen MR) is 86.8 cm³/mol. The largest absolute Gasteiger partial charge is 0.325 e. The van der Waals surface area contributed by atoms with E-state index in [4.69, 9.17) is 0 Å². The fourth-order valence-corrected chi connectivity index (χ4v) is 3.33. The van der Waals surface area contributed by atoms with Crippen molar-refractivity contribution in [3.05, 3.63) is 69.3 Å². The fourth-order valence-electron chi connectivity index (χ4n) is 2.11. The average Bonchev–Trinajstić information content (AvgIpc) is 2.94. The number of anilines is 1. The van der Waals surface area contributed by atoms with Crippen molar-refractivity contribution >= 4 is 15.7 Å². The van der Waals surface area contributed by atoms with Crippen LogP contribution in [0.2, 0.25) is 0 Å². The molecule has 124 valence electrons. The molecule has 0 saturated heterocycles. The van der Waals surface area contributed by atoms with E-state index in [1.807, 2.05) is 11.1 Å². The lowest BCUT2D eigenvalue weighted by Crippen LogP contribution is -2.26. The highest BCUT2D eigenvalue weighted by Gasteiger charge is 2.22. The Labute approximate surface area is 136 Å². The minimum absolute atomic E-state index is 0.0723. The number of aromatic nitrogens is 4. The molecule has 0 aliphatic carbocycles. The standard InChI is InChI=1S/C14H13N5O4S/c1-9-12(8-19(17-9)10-5-3-2-4-6-10)24(22,23)18-11-7-15-14(21)16-13(11)20/h2-8,18H,1H3,(H2,15,16,20,21). The lowest BCUT2D eigenvalue weighted by atomic mass is 10.3. The van der Waals surface area contributed by atoms with Crippen LogP contribution in [0.1, 0.15) is 5.69 Å². The van der Waals surface area contributed by atoms with Crippen LogP contribution in [-0.2, 0) is 10.0 Å². The summed E-state index contributed by atoms with van der Waals surface area (Å²) in [6.45, 7) is 1.55. The summed E-state index contributed by atoms with van der Waals surface area (Å²) in [6.07, 6.45) is 2.35. The Morgan fingerprint density at radius 3 is 2.54 bits per heavy atom. The van der Waals surface area contributed by atoms with Crippen LogP contribution in [0.25, 0.3) is 5.69 Å². The van der Waals surface area contributed by atoms with E-state index >= 15 is 0 Å². The Morgan fingerprint density at radius 1 is 1.17 bits per heavy atom. The zero-order valence-corrected chi connectivity index (χ0v) is 13.3. The Kier molecular flexibility index (Phi) is 3.81. The van der Waals surface area contributed by atoms with Gasteiger partial charge in [-0.05, 0) is 19.1 Å². The molecule has 0 spiro atoms. The number of nitrogens with zero attached hydrogens (tertiary/aromatic N) is 2. The van der Waals surface area contributed by atoms with Gasteiger partial charge in [0.1, 0.15) is 10.6 Å². The second-order valence-corrected chi connectivity index (χ2v) is 6.60. The highest BCUT2D eigenvalue weighted by atomic mass is 32.2. The van der Waals surface area contributed by atoms with Gasteiger partial charge in [0.15, 0.2) is 0 Å². The number of benzene rings is 1. The van der Waals surface area contributed by atoms with Crippen LogP contribution < -0.4 is 16.0 Å². The maximum absolute atomic E-state index is 12.5. The molecule has 1 aromatic carbocycles. The second-order valence-electron chi connectivity index (χ2n) is 4.95. The number of aromatic amines is 2. The van der Waals surface area contributed by atoms with Gasteiger partial charge in [-0.2, -0.15) is 5.10 Å². The summed E-state index contributed by atoms with van der Waals surface area (Å²) in [5.41, 5.74) is -0.885. The minimum atomic E-state index is -4.04. The van der Waals surface area contributed by atoms with Gasteiger partial charge in [0.25, 0.3) is 15.6 Å². The quantitative estimate of drug-likeness (QED) is 0.627. The van der Waals surface area contributed by atoms with E-state index in [0.29, 0.717) is 5.69 Å². The SMILES string of the molecule is Cc1nn(-c2ccccc2)cc1S(=O)(=O)Nc1c[nH]c(=O)[nH]c1=O. The molecular weight excluding hydrogens is 334 g/mol. The Bertz CT molecular complexity index is 1100. The van der Waals surface area contributed by atoms with Crippen LogP contribution in [-0.4, -0.2) is 28.2 Å².